The highest BCUT2D eigenvalue weighted by molar-refractivity contribution is 7.47. The van der Waals surface area contributed by atoms with Crippen LogP contribution < -0.4 is 10.5 Å². The van der Waals surface area contributed by atoms with Gasteiger partial charge in [-0.05, 0) is 62.8 Å². The first-order chi connectivity index (χ1) is 18.3. The Morgan fingerprint density at radius 3 is 2.13 bits per heavy atom. The van der Waals surface area contributed by atoms with E-state index in [-0.39, 0.29) is 18.3 Å². The van der Waals surface area contributed by atoms with Gasteiger partial charge < -0.3 is 15.4 Å². The maximum absolute atomic E-state index is 12.3. The van der Waals surface area contributed by atoms with E-state index in [4.69, 9.17) is 19.5 Å². The molecule has 0 aromatic heterocycles. The van der Waals surface area contributed by atoms with Crippen LogP contribution >= 0.6 is 7.82 Å². The fourth-order valence-corrected chi connectivity index (χ4v) is 5.49. The van der Waals surface area contributed by atoms with Gasteiger partial charge in [-0.15, -0.1) is 0 Å². The summed E-state index contributed by atoms with van der Waals surface area (Å²) in [6.45, 7) is 6.94. The molecule has 220 valence electrons. The Hall–Kier alpha value is -1.24. The molecule has 1 rings (SSSR count). The molecule has 0 spiro atoms. The lowest BCUT2D eigenvalue weighted by Gasteiger charge is -2.21. The zero-order chi connectivity index (χ0) is 28.1. The highest BCUT2D eigenvalue weighted by Crippen LogP contribution is 2.45. The molecule has 0 saturated heterocycles. The third-order valence-corrected chi connectivity index (χ3v) is 7.72. The third-order valence-electron chi connectivity index (χ3n) is 6.62. The summed E-state index contributed by atoms with van der Waals surface area (Å²) in [4.78, 5) is 22.4. The molecular formula is C30H54NO6P. The van der Waals surface area contributed by atoms with Crippen LogP contribution in [0.25, 0.3) is 0 Å². The monoisotopic (exact) mass is 555 g/mol. The van der Waals surface area contributed by atoms with Gasteiger partial charge in [-0.25, -0.2) is 4.57 Å². The van der Waals surface area contributed by atoms with Crippen LogP contribution in [-0.2, 0) is 24.8 Å². The quantitative estimate of drug-likeness (QED) is 0.0937. The smallest absolute Gasteiger partial charge is 0.472 e. The summed E-state index contributed by atoms with van der Waals surface area (Å²) in [5.41, 5.74) is 6.51. The Balaban J connectivity index is 2.44. The van der Waals surface area contributed by atoms with Gasteiger partial charge >= 0.3 is 7.82 Å². The number of carbonyl (C=O) groups excluding carboxylic acids is 1. The summed E-state index contributed by atoms with van der Waals surface area (Å²) in [5, 5.41) is 0. The first-order valence-corrected chi connectivity index (χ1v) is 16.4. The highest BCUT2D eigenvalue weighted by atomic mass is 31.2. The first-order valence-electron chi connectivity index (χ1n) is 14.9. The molecule has 3 unspecified atom stereocenters. The molecular weight excluding hydrogens is 501 g/mol. The van der Waals surface area contributed by atoms with Crippen molar-refractivity contribution < 1.29 is 28.0 Å². The zero-order valence-corrected chi connectivity index (χ0v) is 25.1. The number of ether oxygens (including phenoxy) is 1. The second kappa shape index (κ2) is 21.6. The first kappa shape index (κ1) is 34.8. The molecule has 1 aromatic carbocycles. The minimum absolute atomic E-state index is 0.0322. The number of ketones is 1. The predicted octanol–water partition coefficient (Wildman–Crippen LogP) is 7.78. The standard InChI is InChI=1S/C30H54NO6P/c1-4-6-7-8-9-10-11-12-13-14-22-35-30-18-16-27(17-19-30)23-28(24-29(32)15-5-2)25-36-38(33,34)37-26(3)20-21-31/h16-19,26,28H,4-15,20-25,31H2,1-3H3,(H,33,34). The maximum Gasteiger partial charge on any atom is 0.472 e. The van der Waals surface area contributed by atoms with E-state index < -0.39 is 13.9 Å². The van der Waals surface area contributed by atoms with Crippen LogP contribution in [0.1, 0.15) is 116 Å². The van der Waals surface area contributed by atoms with Crippen molar-refractivity contribution in [3.05, 3.63) is 29.8 Å². The fourth-order valence-electron chi connectivity index (χ4n) is 4.47. The molecule has 0 fully saturated rings. The van der Waals surface area contributed by atoms with Gasteiger partial charge in [0.05, 0.1) is 19.3 Å². The number of rotatable bonds is 25. The number of hydrogen-bond acceptors (Lipinski definition) is 6. The highest BCUT2D eigenvalue weighted by Gasteiger charge is 2.27. The average molecular weight is 556 g/mol. The second-order valence-electron chi connectivity index (χ2n) is 10.5. The van der Waals surface area contributed by atoms with Crippen molar-refractivity contribution >= 4 is 13.6 Å². The predicted molar refractivity (Wildman–Crippen MR) is 156 cm³/mol. The summed E-state index contributed by atoms with van der Waals surface area (Å²) < 4.78 is 28.7. The van der Waals surface area contributed by atoms with Crippen LogP contribution in [0.15, 0.2) is 24.3 Å². The number of phosphoric acid groups is 1. The lowest BCUT2D eigenvalue weighted by molar-refractivity contribution is -0.120. The molecule has 3 N–H and O–H groups in total. The van der Waals surface area contributed by atoms with Crippen LogP contribution in [0.3, 0.4) is 0 Å². The molecule has 3 atom stereocenters. The van der Waals surface area contributed by atoms with E-state index in [2.05, 4.69) is 6.92 Å². The Morgan fingerprint density at radius 2 is 1.55 bits per heavy atom. The lowest BCUT2D eigenvalue weighted by atomic mass is 9.94. The lowest BCUT2D eigenvalue weighted by Crippen LogP contribution is -2.18. The van der Waals surface area contributed by atoms with E-state index >= 15 is 0 Å². The summed E-state index contributed by atoms with van der Waals surface area (Å²) in [6, 6.07) is 7.88. The maximum atomic E-state index is 12.3. The Kier molecular flexibility index (Phi) is 19.7. The van der Waals surface area contributed by atoms with Crippen LogP contribution in [0.5, 0.6) is 5.75 Å². The topological polar surface area (TPSA) is 108 Å². The van der Waals surface area contributed by atoms with E-state index in [0.717, 1.165) is 24.2 Å². The van der Waals surface area contributed by atoms with Crippen LogP contribution in [0, 0.1) is 5.92 Å². The Bertz CT molecular complexity index is 773. The number of phosphoric ester groups is 1. The van der Waals surface area contributed by atoms with Gasteiger partial charge in [0.1, 0.15) is 11.5 Å². The van der Waals surface area contributed by atoms with E-state index in [1.165, 1.54) is 57.8 Å². The normalized spacial score (nSPS) is 14.7. The van der Waals surface area contributed by atoms with Crippen molar-refractivity contribution in [1.82, 2.24) is 0 Å². The molecule has 0 aliphatic carbocycles. The zero-order valence-electron chi connectivity index (χ0n) is 24.2. The molecule has 0 amide bonds. The minimum Gasteiger partial charge on any atom is -0.494 e. The summed E-state index contributed by atoms with van der Waals surface area (Å²) in [5.74, 6) is 0.741. The van der Waals surface area contributed by atoms with E-state index in [1.807, 2.05) is 31.2 Å². The molecule has 0 bridgehead atoms. The second-order valence-corrected chi connectivity index (χ2v) is 11.9. The number of carbonyl (C=O) groups is 1. The molecule has 7 nitrogen and oxygen atoms in total. The van der Waals surface area contributed by atoms with Gasteiger partial charge in [-0.2, -0.15) is 0 Å². The number of unbranched alkanes of at least 4 members (excludes halogenated alkanes) is 9. The van der Waals surface area contributed by atoms with Crippen molar-refractivity contribution in [2.45, 2.75) is 123 Å². The minimum atomic E-state index is -4.22. The number of hydrogen-bond donors (Lipinski definition) is 2. The largest absolute Gasteiger partial charge is 0.494 e. The van der Waals surface area contributed by atoms with Crippen molar-refractivity contribution in [2.24, 2.45) is 11.7 Å². The van der Waals surface area contributed by atoms with E-state index in [9.17, 15) is 14.3 Å². The van der Waals surface area contributed by atoms with Gasteiger partial charge in [0.25, 0.3) is 0 Å². The summed E-state index contributed by atoms with van der Waals surface area (Å²) in [6.07, 6.45) is 15.1. The fraction of sp³-hybridized carbons (Fsp3) is 0.767. The van der Waals surface area contributed by atoms with Crippen molar-refractivity contribution in [3.63, 3.8) is 0 Å². The number of benzene rings is 1. The Morgan fingerprint density at radius 1 is 0.947 bits per heavy atom. The van der Waals surface area contributed by atoms with Crippen molar-refractivity contribution in [3.8, 4) is 5.75 Å². The average Bonchev–Trinajstić information content (AvgIpc) is 2.87. The summed E-state index contributed by atoms with van der Waals surface area (Å²) in [7, 11) is -4.22. The third kappa shape index (κ3) is 18.1. The van der Waals surface area contributed by atoms with E-state index in [1.54, 1.807) is 6.92 Å². The van der Waals surface area contributed by atoms with Gasteiger partial charge in [0, 0.05) is 12.8 Å². The van der Waals surface area contributed by atoms with Crippen LogP contribution in [0.4, 0.5) is 0 Å². The number of nitrogens with two attached hydrogens (primary N) is 1. The molecule has 0 heterocycles. The molecule has 0 radical (unpaired) electrons. The molecule has 1 aromatic rings. The van der Waals surface area contributed by atoms with Crippen molar-refractivity contribution in [2.75, 3.05) is 19.8 Å². The van der Waals surface area contributed by atoms with E-state index in [0.29, 0.717) is 38.8 Å². The van der Waals surface area contributed by atoms with Gasteiger partial charge in [-0.1, -0.05) is 83.8 Å². The van der Waals surface area contributed by atoms with Gasteiger partial charge in [0.2, 0.25) is 0 Å². The number of Topliss-reactive ketones (excluding diaryl/α,β-unsaturated/α-hetero) is 1. The van der Waals surface area contributed by atoms with Gasteiger partial charge in [-0.3, -0.25) is 13.8 Å². The van der Waals surface area contributed by atoms with Gasteiger partial charge in [0.15, 0.2) is 0 Å². The summed E-state index contributed by atoms with van der Waals surface area (Å²) >= 11 is 0. The molecule has 0 aliphatic rings. The SMILES string of the molecule is CCCCCCCCCCCCOc1ccc(CC(COP(=O)(O)OC(C)CCN)CC(=O)CCC)cc1. The molecule has 38 heavy (non-hydrogen) atoms. The van der Waals surface area contributed by atoms with Crippen LogP contribution in [-0.4, -0.2) is 36.5 Å². The molecule has 0 aliphatic heterocycles. The van der Waals surface area contributed by atoms with Crippen molar-refractivity contribution in [1.29, 1.82) is 0 Å². The Labute approximate surface area is 231 Å². The van der Waals surface area contributed by atoms with Crippen LogP contribution in [0.2, 0.25) is 0 Å². The molecule has 8 heteroatoms. The molecule has 0 saturated carbocycles.